The van der Waals surface area contributed by atoms with E-state index in [0.717, 1.165) is 5.56 Å². The molecule has 5 heteroatoms. The Morgan fingerprint density at radius 1 is 1.25 bits per heavy atom. The molecular weight excluding hydrogens is 207 g/mol. The molecule has 0 radical (unpaired) electrons. The third kappa shape index (κ3) is 2.08. The summed E-state index contributed by atoms with van der Waals surface area (Å²) in [5, 5.41) is 2.81. The van der Waals surface area contributed by atoms with Gasteiger partial charge >= 0.3 is 0 Å². The van der Waals surface area contributed by atoms with E-state index in [2.05, 4.69) is 15.3 Å². The van der Waals surface area contributed by atoms with Gasteiger partial charge in [0.05, 0.1) is 23.8 Å². The second-order valence-electron chi connectivity index (χ2n) is 3.40. The molecule has 0 unspecified atom stereocenters. The highest BCUT2D eigenvalue weighted by molar-refractivity contribution is 5.59. The van der Waals surface area contributed by atoms with Crippen LogP contribution in [0.15, 0.2) is 30.6 Å². The van der Waals surface area contributed by atoms with Crippen LogP contribution in [0.2, 0.25) is 0 Å². The minimum Gasteiger partial charge on any atom is -0.396 e. The molecule has 4 nitrogen and oxygen atoms in total. The van der Waals surface area contributed by atoms with Crippen LogP contribution in [-0.4, -0.2) is 9.97 Å². The first kappa shape index (κ1) is 10.4. The summed E-state index contributed by atoms with van der Waals surface area (Å²) in [6, 6.07) is 4.84. The smallest absolute Gasteiger partial charge is 0.227 e. The summed E-state index contributed by atoms with van der Waals surface area (Å²) in [6.07, 6.45) is 2.93. The van der Waals surface area contributed by atoms with Crippen molar-refractivity contribution in [1.82, 2.24) is 9.97 Å². The number of aromatic nitrogens is 2. The number of nitrogens with one attached hydrogen (secondary N) is 1. The van der Waals surface area contributed by atoms with Crippen LogP contribution in [0.25, 0.3) is 0 Å². The summed E-state index contributed by atoms with van der Waals surface area (Å²) >= 11 is 0. The van der Waals surface area contributed by atoms with Crippen molar-refractivity contribution < 1.29 is 4.39 Å². The maximum atomic E-state index is 13.5. The molecule has 1 aromatic carbocycles. The fourth-order valence-corrected chi connectivity index (χ4v) is 1.30. The molecule has 1 aromatic heterocycles. The number of rotatable bonds is 2. The van der Waals surface area contributed by atoms with Gasteiger partial charge in [-0.05, 0) is 18.6 Å². The number of nitrogens with zero attached hydrogens (tertiary/aromatic N) is 2. The van der Waals surface area contributed by atoms with E-state index >= 15 is 0 Å². The fourth-order valence-electron chi connectivity index (χ4n) is 1.30. The lowest BCUT2D eigenvalue weighted by Crippen LogP contribution is -2.01. The number of hydrogen-bond donors (Lipinski definition) is 2. The van der Waals surface area contributed by atoms with E-state index < -0.39 is 0 Å². The molecule has 16 heavy (non-hydrogen) atoms. The van der Waals surface area contributed by atoms with Crippen LogP contribution in [0, 0.1) is 12.7 Å². The number of aryl methyl sites for hydroxylation is 1. The third-order valence-electron chi connectivity index (χ3n) is 2.13. The Morgan fingerprint density at radius 3 is 2.56 bits per heavy atom. The number of anilines is 3. The van der Waals surface area contributed by atoms with Gasteiger partial charge in [0.1, 0.15) is 5.82 Å². The molecule has 3 N–H and O–H groups in total. The summed E-state index contributed by atoms with van der Waals surface area (Å²) in [4.78, 5) is 7.88. The van der Waals surface area contributed by atoms with E-state index in [1.165, 1.54) is 18.5 Å². The van der Waals surface area contributed by atoms with Gasteiger partial charge in [-0.2, -0.15) is 0 Å². The second-order valence-corrected chi connectivity index (χ2v) is 3.40. The van der Waals surface area contributed by atoms with Crippen molar-refractivity contribution in [3.63, 3.8) is 0 Å². The molecule has 0 spiro atoms. The number of para-hydroxylation sites is 1. The molecule has 0 bridgehead atoms. The van der Waals surface area contributed by atoms with Gasteiger partial charge in [-0.3, -0.25) is 0 Å². The normalized spacial score (nSPS) is 10.1. The number of halogens is 1. The predicted octanol–water partition coefficient (Wildman–Crippen LogP) is 2.25. The van der Waals surface area contributed by atoms with E-state index in [0.29, 0.717) is 17.3 Å². The number of nitrogen functional groups attached to an aromatic ring is 1. The fraction of sp³-hybridized carbons (Fsp3) is 0.0909. The minimum absolute atomic E-state index is 0.322. The zero-order valence-corrected chi connectivity index (χ0v) is 8.74. The van der Waals surface area contributed by atoms with Gasteiger partial charge < -0.3 is 11.1 Å². The second kappa shape index (κ2) is 4.14. The van der Waals surface area contributed by atoms with Crippen LogP contribution >= 0.6 is 0 Å². The summed E-state index contributed by atoms with van der Waals surface area (Å²) in [6.45, 7) is 1.81. The first-order valence-corrected chi connectivity index (χ1v) is 4.76. The van der Waals surface area contributed by atoms with Gasteiger partial charge in [0.25, 0.3) is 0 Å². The summed E-state index contributed by atoms with van der Waals surface area (Å²) in [5.74, 6) is -0.0113. The minimum atomic E-state index is -0.333. The molecule has 0 atom stereocenters. The van der Waals surface area contributed by atoms with Crippen molar-refractivity contribution in [1.29, 1.82) is 0 Å². The first-order valence-electron chi connectivity index (χ1n) is 4.76. The number of nitrogens with two attached hydrogens (primary N) is 1. The molecule has 0 aliphatic rings. The van der Waals surface area contributed by atoms with Gasteiger partial charge in [0.2, 0.25) is 5.95 Å². The molecule has 2 aromatic rings. The van der Waals surface area contributed by atoms with Gasteiger partial charge in [-0.15, -0.1) is 0 Å². The lowest BCUT2D eigenvalue weighted by Gasteiger charge is -2.08. The Morgan fingerprint density at radius 2 is 1.94 bits per heavy atom. The topological polar surface area (TPSA) is 63.8 Å². The molecule has 0 saturated heterocycles. The maximum absolute atomic E-state index is 13.5. The van der Waals surface area contributed by atoms with E-state index in [1.807, 2.05) is 13.0 Å². The van der Waals surface area contributed by atoms with Gasteiger partial charge in [-0.25, -0.2) is 14.4 Å². The van der Waals surface area contributed by atoms with Crippen LogP contribution in [0.3, 0.4) is 0 Å². The molecule has 0 aliphatic heterocycles. The largest absolute Gasteiger partial charge is 0.396 e. The van der Waals surface area contributed by atoms with Crippen LogP contribution < -0.4 is 11.1 Å². The Bertz CT molecular complexity index is 476. The quantitative estimate of drug-likeness (QED) is 0.811. The zero-order valence-electron chi connectivity index (χ0n) is 8.74. The molecule has 82 valence electrons. The maximum Gasteiger partial charge on any atom is 0.227 e. The van der Waals surface area contributed by atoms with Crippen LogP contribution in [0.5, 0.6) is 0 Å². The van der Waals surface area contributed by atoms with Gasteiger partial charge in [0, 0.05) is 0 Å². The average molecular weight is 218 g/mol. The Labute approximate surface area is 92.3 Å². The highest BCUT2D eigenvalue weighted by Gasteiger charge is 2.06. The lowest BCUT2D eigenvalue weighted by atomic mass is 10.2. The molecule has 0 amide bonds. The highest BCUT2D eigenvalue weighted by atomic mass is 19.1. The van der Waals surface area contributed by atoms with Crippen molar-refractivity contribution in [3.05, 3.63) is 42.0 Å². The predicted molar refractivity (Wildman–Crippen MR) is 60.9 cm³/mol. The molecular formula is C11H11FN4. The molecule has 1 heterocycles. The summed E-state index contributed by atoms with van der Waals surface area (Å²) < 4.78 is 13.5. The van der Waals surface area contributed by atoms with E-state index in [-0.39, 0.29) is 5.82 Å². The first-order chi connectivity index (χ1) is 7.66. The molecule has 0 aliphatic carbocycles. The van der Waals surface area contributed by atoms with Crippen LogP contribution in [0.4, 0.5) is 21.7 Å². The van der Waals surface area contributed by atoms with Crippen molar-refractivity contribution in [2.24, 2.45) is 0 Å². The van der Waals surface area contributed by atoms with Crippen molar-refractivity contribution in [2.75, 3.05) is 11.1 Å². The lowest BCUT2D eigenvalue weighted by molar-refractivity contribution is 0.630. The Kier molecular flexibility index (Phi) is 2.68. The van der Waals surface area contributed by atoms with Gasteiger partial charge in [0.15, 0.2) is 0 Å². The number of benzene rings is 1. The van der Waals surface area contributed by atoms with Crippen molar-refractivity contribution >= 4 is 17.3 Å². The van der Waals surface area contributed by atoms with Gasteiger partial charge in [-0.1, -0.05) is 12.1 Å². The SMILES string of the molecule is Cc1cccc(F)c1Nc1ncc(N)cn1. The zero-order chi connectivity index (χ0) is 11.5. The Hall–Kier alpha value is -2.17. The standard InChI is InChI=1S/C11H11FN4/c1-7-3-2-4-9(12)10(7)16-11-14-5-8(13)6-15-11/h2-6H,13H2,1H3,(H,14,15,16). The summed E-state index contributed by atoms with van der Waals surface area (Å²) in [5.41, 5.74) is 7.10. The molecule has 0 fully saturated rings. The van der Waals surface area contributed by atoms with E-state index in [4.69, 9.17) is 5.73 Å². The average Bonchev–Trinajstić information content (AvgIpc) is 2.26. The summed E-state index contributed by atoms with van der Waals surface area (Å²) in [7, 11) is 0. The van der Waals surface area contributed by atoms with Crippen LogP contribution in [0.1, 0.15) is 5.56 Å². The third-order valence-corrected chi connectivity index (χ3v) is 2.13. The highest BCUT2D eigenvalue weighted by Crippen LogP contribution is 2.21. The Balaban J connectivity index is 2.30. The monoisotopic (exact) mass is 218 g/mol. The van der Waals surface area contributed by atoms with Crippen molar-refractivity contribution in [2.45, 2.75) is 6.92 Å². The molecule has 2 rings (SSSR count). The van der Waals surface area contributed by atoms with E-state index in [9.17, 15) is 4.39 Å². The molecule has 0 saturated carbocycles. The van der Waals surface area contributed by atoms with Crippen LogP contribution in [-0.2, 0) is 0 Å². The van der Waals surface area contributed by atoms with Crippen molar-refractivity contribution in [3.8, 4) is 0 Å². The van der Waals surface area contributed by atoms with E-state index in [1.54, 1.807) is 6.07 Å². The number of hydrogen-bond acceptors (Lipinski definition) is 4.